The summed E-state index contributed by atoms with van der Waals surface area (Å²) < 4.78 is 12.3. The van der Waals surface area contributed by atoms with E-state index in [4.69, 9.17) is 15.2 Å². The molecule has 0 spiro atoms. The maximum absolute atomic E-state index is 13.8. The summed E-state index contributed by atoms with van der Waals surface area (Å²) in [7, 11) is 0. The highest BCUT2D eigenvalue weighted by atomic mass is 16.5. The van der Waals surface area contributed by atoms with Crippen molar-refractivity contribution in [2.45, 2.75) is 77.9 Å². The Morgan fingerprint density at radius 1 is 0.889 bits per heavy atom. The summed E-state index contributed by atoms with van der Waals surface area (Å²) in [5.41, 5.74) is 10.4. The quantitative estimate of drug-likeness (QED) is 0.153. The number of ether oxygens (including phenoxy) is 2. The maximum Gasteiger partial charge on any atom is 0.340 e. The van der Waals surface area contributed by atoms with Gasteiger partial charge in [-0.2, -0.15) is 0 Å². The second kappa shape index (κ2) is 13.2. The van der Waals surface area contributed by atoms with E-state index in [0.717, 1.165) is 50.7 Å². The summed E-state index contributed by atoms with van der Waals surface area (Å²) in [6.07, 6.45) is 6.63. The molecule has 2 fully saturated rings. The first kappa shape index (κ1) is 31.0. The molecule has 0 aromatic heterocycles. The lowest BCUT2D eigenvalue weighted by Crippen LogP contribution is -2.37. The molecule has 3 aromatic rings. The molecule has 3 aliphatic carbocycles. The number of ketones is 2. The fraction of sp³-hybridized carbons (Fsp3) is 0.447. The second-order valence-electron chi connectivity index (χ2n) is 13.5. The number of carbonyl (C=O) groups is 3. The first-order valence-electron chi connectivity index (χ1n) is 16.5. The normalized spacial score (nSPS) is 22.4. The number of hydrogen-bond donors (Lipinski definition) is 2. The van der Waals surface area contributed by atoms with Crippen LogP contribution in [0.1, 0.15) is 106 Å². The van der Waals surface area contributed by atoms with Crippen LogP contribution >= 0.6 is 0 Å². The molecule has 0 radical (unpaired) electrons. The third-order valence-corrected chi connectivity index (χ3v) is 9.76. The minimum absolute atomic E-state index is 0.00318. The highest BCUT2D eigenvalue weighted by molar-refractivity contribution is 6.32. The van der Waals surface area contributed by atoms with E-state index >= 15 is 0 Å². The van der Waals surface area contributed by atoms with Crippen molar-refractivity contribution in [2.24, 2.45) is 17.8 Å². The van der Waals surface area contributed by atoms with Gasteiger partial charge in [0.05, 0.1) is 28.5 Å². The molecule has 4 unspecified atom stereocenters. The Kier molecular flexibility index (Phi) is 9.09. The van der Waals surface area contributed by atoms with E-state index in [-0.39, 0.29) is 40.0 Å². The lowest BCUT2D eigenvalue weighted by Gasteiger charge is -2.41. The Labute approximate surface area is 265 Å². The van der Waals surface area contributed by atoms with Gasteiger partial charge in [-0.1, -0.05) is 67.9 Å². The predicted octanol–water partition coefficient (Wildman–Crippen LogP) is 7.17. The Morgan fingerprint density at radius 3 is 2.18 bits per heavy atom. The first-order chi connectivity index (χ1) is 21.7. The van der Waals surface area contributed by atoms with E-state index in [1.165, 1.54) is 5.56 Å². The topological polar surface area (TPSA) is 108 Å². The average Bonchev–Trinajstić information content (AvgIpc) is 3.03. The van der Waals surface area contributed by atoms with Crippen LogP contribution in [0.25, 0.3) is 0 Å². The minimum Gasteiger partial charge on any atom is -0.459 e. The summed E-state index contributed by atoms with van der Waals surface area (Å²) in [5, 5.41) is 3.35. The van der Waals surface area contributed by atoms with E-state index in [0.29, 0.717) is 53.6 Å². The van der Waals surface area contributed by atoms with E-state index in [2.05, 4.69) is 43.4 Å². The molecule has 3 aromatic carbocycles. The Hall–Kier alpha value is -3.97. The third-order valence-electron chi connectivity index (χ3n) is 9.76. The molecule has 7 nitrogen and oxygen atoms in total. The Morgan fingerprint density at radius 2 is 1.51 bits per heavy atom. The molecule has 3 aliphatic rings. The van der Waals surface area contributed by atoms with Crippen molar-refractivity contribution < 1.29 is 23.9 Å². The molecule has 0 aliphatic heterocycles. The van der Waals surface area contributed by atoms with Crippen LogP contribution < -0.4 is 11.1 Å². The predicted molar refractivity (Wildman–Crippen MR) is 176 cm³/mol. The number of rotatable bonds is 9. The van der Waals surface area contributed by atoms with Crippen LogP contribution in [0.4, 0.5) is 11.4 Å². The van der Waals surface area contributed by atoms with Gasteiger partial charge in [-0.25, -0.2) is 4.79 Å². The van der Waals surface area contributed by atoms with Crippen molar-refractivity contribution in [2.75, 3.05) is 24.2 Å². The Balaban J connectivity index is 1.22. The van der Waals surface area contributed by atoms with Gasteiger partial charge in [-0.15, -0.1) is 0 Å². The lowest BCUT2D eigenvalue weighted by molar-refractivity contribution is -0.0454. The molecular formula is C38H44N2O5. The van der Waals surface area contributed by atoms with Crippen LogP contribution in [0.5, 0.6) is 0 Å². The van der Waals surface area contributed by atoms with Gasteiger partial charge in [0.15, 0.2) is 11.6 Å². The third kappa shape index (κ3) is 6.55. The fourth-order valence-corrected chi connectivity index (χ4v) is 7.33. The number of nitrogens with one attached hydrogen (secondary N) is 1. The number of anilines is 2. The zero-order chi connectivity index (χ0) is 31.7. The number of nitrogen functional groups attached to an aromatic ring is 1. The molecular weight excluding hydrogens is 564 g/mol. The van der Waals surface area contributed by atoms with Crippen LogP contribution in [0, 0.1) is 24.7 Å². The number of hydrogen-bond acceptors (Lipinski definition) is 7. The van der Waals surface area contributed by atoms with Crippen LogP contribution in [0.15, 0.2) is 54.6 Å². The standard InChI is InChI=1S/C38H44N2O5/c1-22(2)21-44-27-14-12-26-19-28(15-13-25(26)18-27)45-38(43)31-20-32(40-17-16-24-10-8-23(3)9-11-24)33-34(35(31)39)37(42)30-7-5-4-6-29(30)36(33)41/h4-11,20,22,25-28,40H,12-19,21,39H2,1-3H3. The molecule has 6 rings (SSSR count). The van der Waals surface area contributed by atoms with Crippen molar-refractivity contribution in [3.8, 4) is 0 Å². The molecule has 0 amide bonds. The van der Waals surface area contributed by atoms with Crippen LogP contribution in [0.2, 0.25) is 0 Å². The average molecular weight is 609 g/mol. The number of nitrogens with two attached hydrogens (primary N) is 1. The number of esters is 1. The fourth-order valence-electron chi connectivity index (χ4n) is 7.33. The van der Waals surface area contributed by atoms with E-state index in [9.17, 15) is 14.4 Å². The highest BCUT2D eigenvalue weighted by Gasteiger charge is 2.39. The van der Waals surface area contributed by atoms with Crippen molar-refractivity contribution in [3.05, 3.63) is 93.5 Å². The molecule has 0 saturated heterocycles. The van der Waals surface area contributed by atoms with Gasteiger partial charge < -0.3 is 20.5 Å². The summed E-state index contributed by atoms with van der Waals surface area (Å²) in [5.74, 6) is 0.440. The summed E-state index contributed by atoms with van der Waals surface area (Å²) in [4.78, 5) is 41.3. The zero-order valence-electron chi connectivity index (χ0n) is 26.6. The van der Waals surface area contributed by atoms with Crippen molar-refractivity contribution in [3.63, 3.8) is 0 Å². The number of aryl methyl sites for hydroxylation is 1. The maximum atomic E-state index is 13.8. The summed E-state index contributed by atoms with van der Waals surface area (Å²) in [6, 6.07) is 16.6. The van der Waals surface area contributed by atoms with E-state index < -0.39 is 5.97 Å². The lowest BCUT2D eigenvalue weighted by atomic mass is 9.69. The molecule has 0 heterocycles. The SMILES string of the molecule is Cc1ccc(CCNc2cc(C(=O)OC3CCC4CC(OCC(C)C)CCC4C3)c(N)c3c2C(=O)c2ccccc2C3=O)cc1. The smallest absolute Gasteiger partial charge is 0.340 e. The highest BCUT2D eigenvalue weighted by Crippen LogP contribution is 2.43. The van der Waals surface area contributed by atoms with Gasteiger partial charge in [0.25, 0.3) is 0 Å². The van der Waals surface area contributed by atoms with Crippen molar-refractivity contribution in [1.29, 1.82) is 0 Å². The molecule has 3 N–H and O–H groups in total. The van der Waals surface area contributed by atoms with Crippen molar-refractivity contribution in [1.82, 2.24) is 0 Å². The molecule has 4 atom stereocenters. The molecule has 0 bridgehead atoms. The second-order valence-corrected chi connectivity index (χ2v) is 13.5. The number of carbonyl (C=O) groups excluding carboxylic acids is 3. The number of fused-ring (bicyclic) bond motifs is 3. The summed E-state index contributed by atoms with van der Waals surface area (Å²) in [6.45, 7) is 7.70. The Bertz CT molecular complexity index is 1590. The van der Waals surface area contributed by atoms with Gasteiger partial charge in [-0.3, -0.25) is 9.59 Å². The zero-order valence-corrected chi connectivity index (χ0v) is 26.6. The van der Waals surface area contributed by atoms with E-state index in [1.54, 1.807) is 30.3 Å². The monoisotopic (exact) mass is 608 g/mol. The van der Waals surface area contributed by atoms with Gasteiger partial charge in [-0.05, 0) is 81.3 Å². The summed E-state index contributed by atoms with van der Waals surface area (Å²) >= 11 is 0. The molecule has 7 heteroatoms. The largest absolute Gasteiger partial charge is 0.459 e. The van der Waals surface area contributed by atoms with Crippen LogP contribution in [-0.4, -0.2) is 42.9 Å². The van der Waals surface area contributed by atoms with Gasteiger partial charge in [0, 0.05) is 30.0 Å². The molecule has 236 valence electrons. The van der Waals surface area contributed by atoms with Gasteiger partial charge in [0.1, 0.15) is 6.10 Å². The van der Waals surface area contributed by atoms with Crippen molar-refractivity contribution >= 4 is 28.9 Å². The van der Waals surface area contributed by atoms with Gasteiger partial charge in [0.2, 0.25) is 0 Å². The minimum atomic E-state index is -0.548. The van der Waals surface area contributed by atoms with Gasteiger partial charge >= 0.3 is 5.97 Å². The first-order valence-corrected chi connectivity index (χ1v) is 16.5. The van der Waals surface area contributed by atoms with Crippen LogP contribution in [-0.2, 0) is 15.9 Å². The molecule has 45 heavy (non-hydrogen) atoms. The van der Waals surface area contributed by atoms with E-state index in [1.807, 2.05) is 6.92 Å². The molecule has 2 saturated carbocycles. The number of benzene rings is 3. The van der Waals surface area contributed by atoms with Crippen LogP contribution in [0.3, 0.4) is 0 Å².